The number of hydrogen-bond donors (Lipinski definition) is 0. The number of ether oxygens (including phenoxy) is 1. The fourth-order valence-corrected chi connectivity index (χ4v) is 1.78. The predicted molar refractivity (Wildman–Crippen MR) is 65.7 cm³/mol. The molecule has 1 aromatic carbocycles. The van der Waals surface area contributed by atoms with E-state index in [9.17, 15) is 0 Å². The lowest BCUT2D eigenvalue weighted by atomic mass is 10.1. The van der Waals surface area contributed by atoms with Gasteiger partial charge in [0.2, 0.25) is 0 Å². The van der Waals surface area contributed by atoms with Crippen LogP contribution in [0.5, 0.6) is 0 Å². The Kier molecular flexibility index (Phi) is 4.92. The maximum atomic E-state index is 5.90. The largest absolute Gasteiger partial charge is 0.383 e. The third-order valence-electron chi connectivity index (χ3n) is 2.58. The van der Waals surface area contributed by atoms with E-state index in [1.54, 1.807) is 7.11 Å². The highest BCUT2D eigenvalue weighted by Crippen LogP contribution is 2.22. The van der Waals surface area contributed by atoms with Crippen LogP contribution in [0.15, 0.2) is 24.3 Å². The van der Waals surface area contributed by atoms with Crippen molar-refractivity contribution >= 4 is 17.3 Å². The van der Waals surface area contributed by atoms with Gasteiger partial charge < -0.3 is 9.64 Å². The molecular weight excluding hydrogens is 210 g/mol. The van der Waals surface area contributed by atoms with Crippen LogP contribution in [0.25, 0.3) is 0 Å². The van der Waals surface area contributed by atoms with Crippen molar-refractivity contribution in [1.29, 1.82) is 0 Å². The number of hydrogen-bond acceptors (Lipinski definition) is 2. The Morgan fingerprint density at radius 2 is 2.07 bits per heavy atom. The zero-order chi connectivity index (χ0) is 11.3. The lowest BCUT2D eigenvalue weighted by Crippen LogP contribution is -2.33. The molecule has 0 saturated carbocycles. The highest BCUT2D eigenvalue weighted by molar-refractivity contribution is 6.17. The van der Waals surface area contributed by atoms with Crippen LogP contribution in [0.3, 0.4) is 0 Å². The normalized spacial score (nSPS) is 12.5. The number of halogens is 1. The van der Waals surface area contributed by atoms with Crippen molar-refractivity contribution in [3.63, 3.8) is 0 Å². The van der Waals surface area contributed by atoms with Crippen LogP contribution in [-0.4, -0.2) is 26.8 Å². The Labute approximate surface area is 96.8 Å². The van der Waals surface area contributed by atoms with Crippen molar-refractivity contribution in [3.05, 3.63) is 29.8 Å². The Balaban J connectivity index is 2.84. The van der Waals surface area contributed by atoms with Gasteiger partial charge in [0, 0.05) is 31.8 Å². The van der Waals surface area contributed by atoms with Gasteiger partial charge in [0.1, 0.15) is 0 Å². The average molecular weight is 228 g/mol. The molecule has 0 aliphatic heterocycles. The summed E-state index contributed by atoms with van der Waals surface area (Å²) in [6.45, 7) is 2.85. The number of anilines is 1. The number of para-hydroxylation sites is 1. The molecular formula is C12H18ClNO. The first-order valence-electron chi connectivity index (χ1n) is 5.06. The molecule has 0 aromatic heterocycles. The van der Waals surface area contributed by atoms with Crippen molar-refractivity contribution in [1.82, 2.24) is 0 Å². The molecule has 2 nitrogen and oxygen atoms in total. The molecule has 0 fully saturated rings. The molecule has 0 bridgehead atoms. The van der Waals surface area contributed by atoms with E-state index in [-0.39, 0.29) is 0 Å². The monoisotopic (exact) mass is 227 g/mol. The number of benzene rings is 1. The van der Waals surface area contributed by atoms with Gasteiger partial charge in [-0.3, -0.25) is 0 Å². The predicted octanol–water partition coefficient (Wildman–Crippen LogP) is 2.90. The van der Waals surface area contributed by atoms with Gasteiger partial charge in [0.25, 0.3) is 0 Å². The zero-order valence-corrected chi connectivity index (χ0v) is 10.3. The molecule has 1 unspecified atom stereocenters. The van der Waals surface area contributed by atoms with Gasteiger partial charge in [0.05, 0.1) is 6.61 Å². The second kappa shape index (κ2) is 5.99. The minimum Gasteiger partial charge on any atom is -0.383 e. The van der Waals surface area contributed by atoms with Crippen LogP contribution in [0.1, 0.15) is 12.5 Å². The lowest BCUT2D eigenvalue weighted by molar-refractivity contribution is 0.183. The van der Waals surface area contributed by atoms with Gasteiger partial charge in [0.15, 0.2) is 0 Å². The van der Waals surface area contributed by atoms with Crippen LogP contribution in [0.2, 0.25) is 0 Å². The van der Waals surface area contributed by atoms with Gasteiger partial charge in [-0.25, -0.2) is 0 Å². The standard InChI is InChI=1S/C12H18ClNO/c1-10(9-15-3)14(2)12-7-5-4-6-11(12)8-13/h4-7,10H,8-9H2,1-3H3. The molecule has 0 aliphatic carbocycles. The number of likely N-dealkylation sites (N-methyl/N-ethyl adjacent to an activating group) is 1. The van der Waals surface area contributed by atoms with Gasteiger partial charge in [-0.2, -0.15) is 0 Å². The van der Waals surface area contributed by atoms with Crippen molar-refractivity contribution in [3.8, 4) is 0 Å². The Hall–Kier alpha value is -0.730. The quantitative estimate of drug-likeness (QED) is 0.718. The summed E-state index contributed by atoms with van der Waals surface area (Å²) < 4.78 is 5.15. The fourth-order valence-electron chi connectivity index (χ4n) is 1.56. The summed E-state index contributed by atoms with van der Waals surface area (Å²) in [5.41, 5.74) is 2.33. The van der Waals surface area contributed by atoms with Crippen LogP contribution >= 0.6 is 11.6 Å². The van der Waals surface area contributed by atoms with Crippen molar-refractivity contribution in [2.75, 3.05) is 25.7 Å². The van der Waals surface area contributed by atoms with Crippen LogP contribution in [-0.2, 0) is 10.6 Å². The Bertz CT molecular complexity index is 303. The number of methoxy groups -OCH3 is 1. The first kappa shape index (κ1) is 12.3. The summed E-state index contributed by atoms with van der Waals surface area (Å²) >= 11 is 5.90. The molecule has 1 atom stereocenters. The van der Waals surface area contributed by atoms with E-state index in [0.717, 1.165) is 5.56 Å². The van der Waals surface area contributed by atoms with E-state index >= 15 is 0 Å². The zero-order valence-electron chi connectivity index (χ0n) is 9.53. The fraction of sp³-hybridized carbons (Fsp3) is 0.500. The molecule has 0 N–H and O–H groups in total. The molecule has 84 valence electrons. The Morgan fingerprint density at radius 3 is 2.67 bits per heavy atom. The maximum absolute atomic E-state index is 5.90. The Morgan fingerprint density at radius 1 is 1.40 bits per heavy atom. The highest BCUT2D eigenvalue weighted by atomic mass is 35.5. The third-order valence-corrected chi connectivity index (χ3v) is 2.87. The summed E-state index contributed by atoms with van der Waals surface area (Å²) in [5.74, 6) is 0.542. The molecule has 1 aromatic rings. The minimum atomic E-state index is 0.347. The van der Waals surface area contributed by atoms with E-state index in [1.807, 2.05) is 12.1 Å². The highest BCUT2D eigenvalue weighted by Gasteiger charge is 2.12. The van der Waals surface area contributed by atoms with Gasteiger partial charge in [-0.05, 0) is 18.6 Å². The van der Waals surface area contributed by atoms with Crippen LogP contribution in [0, 0.1) is 0 Å². The number of nitrogens with zero attached hydrogens (tertiary/aromatic N) is 1. The van der Waals surface area contributed by atoms with E-state index in [2.05, 4.69) is 31.0 Å². The SMILES string of the molecule is COCC(C)N(C)c1ccccc1CCl. The van der Waals surface area contributed by atoms with Crippen molar-refractivity contribution < 1.29 is 4.74 Å². The van der Waals surface area contributed by atoms with E-state index < -0.39 is 0 Å². The third kappa shape index (κ3) is 3.11. The molecule has 0 spiro atoms. The van der Waals surface area contributed by atoms with Gasteiger partial charge in [-0.15, -0.1) is 11.6 Å². The molecule has 0 saturated heterocycles. The molecule has 0 amide bonds. The summed E-state index contributed by atoms with van der Waals surface area (Å²) in [5, 5.41) is 0. The maximum Gasteiger partial charge on any atom is 0.0663 e. The lowest BCUT2D eigenvalue weighted by Gasteiger charge is -2.28. The van der Waals surface area contributed by atoms with E-state index in [0.29, 0.717) is 18.5 Å². The van der Waals surface area contributed by atoms with Gasteiger partial charge >= 0.3 is 0 Å². The second-order valence-corrected chi connectivity index (χ2v) is 3.94. The van der Waals surface area contributed by atoms with Crippen molar-refractivity contribution in [2.24, 2.45) is 0 Å². The molecule has 3 heteroatoms. The number of rotatable bonds is 5. The molecule has 0 aliphatic rings. The number of alkyl halides is 1. The summed E-state index contributed by atoms with van der Waals surface area (Å²) in [6, 6.07) is 8.53. The minimum absolute atomic E-state index is 0.347. The summed E-state index contributed by atoms with van der Waals surface area (Å²) in [6.07, 6.45) is 0. The molecule has 0 radical (unpaired) electrons. The smallest absolute Gasteiger partial charge is 0.0663 e. The second-order valence-electron chi connectivity index (χ2n) is 3.68. The average Bonchev–Trinajstić information content (AvgIpc) is 2.28. The molecule has 15 heavy (non-hydrogen) atoms. The van der Waals surface area contributed by atoms with E-state index in [4.69, 9.17) is 16.3 Å². The first-order chi connectivity index (χ1) is 7.20. The van der Waals surface area contributed by atoms with Crippen LogP contribution < -0.4 is 4.90 Å². The summed E-state index contributed by atoms with van der Waals surface area (Å²) in [4.78, 5) is 2.20. The topological polar surface area (TPSA) is 12.5 Å². The molecule has 0 heterocycles. The first-order valence-corrected chi connectivity index (χ1v) is 5.59. The van der Waals surface area contributed by atoms with E-state index in [1.165, 1.54) is 5.69 Å². The summed E-state index contributed by atoms with van der Waals surface area (Å²) in [7, 11) is 3.78. The van der Waals surface area contributed by atoms with Gasteiger partial charge in [-0.1, -0.05) is 18.2 Å². The van der Waals surface area contributed by atoms with Crippen LogP contribution in [0.4, 0.5) is 5.69 Å². The molecule has 1 rings (SSSR count). The van der Waals surface area contributed by atoms with Crippen molar-refractivity contribution in [2.45, 2.75) is 18.8 Å².